The molecule has 1 N–H and O–H groups in total. The molecule has 0 radical (unpaired) electrons. The van der Waals surface area contributed by atoms with Crippen molar-refractivity contribution in [2.75, 3.05) is 7.05 Å². The van der Waals surface area contributed by atoms with Gasteiger partial charge in [0.25, 0.3) is 0 Å². The molecule has 0 bridgehead atoms. The predicted octanol–water partition coefficient (Wildman–Crippen LogP) is 4.01. The molecule has 2 aliphatic carbocycles. The first kappa shape index (κ1) is 11.3. The van der Waals surface area contributed by atoms with Gasteiger partial charge in [-0.2, -0.15) is 0 Å². The molecular formula is C16H23N. The minimum absolute atomic E-state index is 0.587. The number of rotatable bonds is 2. The van der Waals surface area contributed by atoms with Crippen molar-refractivity contribution in [1.29, 1.82) is 0 Å². The van der Waals surface area contributed by atoms with Crippen molar-refractivity contribution in [2.24, 2.45) is 5.92 Å². The van der Waals surface area contributed by atoms with Gasteiger partial charge in [-0.25, -0.2) is 0 Å². The summed E-state index contributed by atoms with van der Waals surface area (Å²) in [5.41, 5.74) is 3.21. The molecule has 1 fully saturated rings. The lowest BCUT2D eigenvalue weighted by Gasteiger charge is -2.34. The fraction of sp³-hybridized carbons (Fsp3) is 0.625. The van der Waals surface area contributed by atoms with E-state index in [1.54, 1.807) is 11.1 Å². The van der Waals surface area contributed by atoms with Crippen LogP contribution in [0.5, 0.6) is 0 Å². The van der Waals surface area contributed by atoms with Crippen LogP contribution in [0.3, 0.4) is 0 Å². The second-order valence-corrected chi connectivity index (χ2v) is 5.70. The van der Waals surface area contributed by atoms with Gasteiger partial charge < -0.3 is 5.32 Å². The Hall–Kier alpha value is -0.820. The summed E-state index contributed by atoms with van der Waals surface area (Å²) >= 11 is 0. The van der Waals surface area contributed by atoms with Crippen LogP contribution in [0.4, 0.5) is 0 Å². The van der Waals surface area contributed by atoms with Crippen LogP contribution in [0, 0.1) is 5.92 Å². The molecule has 2 aliphatic rings. The van der Waals surface area contributed by atoms with Crippen LogP contribution in [0.25, 0.3) is 0 Å². The molecule has 1 saturated carbocycles. The van der Waals surface area contributed by atoms with E-state index in [1.165, 1.54) is 38.5 Å². The molecule has 17 heavy (non-hydrogen) atoms. The Labute approximate surface area is 105 Å². The summed E-state index contributed by atoms with van der Waals surface area (Å²) in [5.74, 6) is 1.81. The predicted molar refractivity (Wildman–Crippen MR) is 72.2 cm³/mol. The van der Waals surface area contributed by atoms with Crippen LogP contribution < -0.4 is 5.32 Å². The fourth-order valence-corrected chi connectivity index (χ4v) is 3.97. The second kappa shape index (κ2) is 4.81. The zero-order chi connectivity index (χ0) is 11.7. The van der Waals surface area contributed by atoms with Gasteiger partial charge in [0.15, 0.2) is 0 Å². The highest BCUT2D eigenvalue weighted by Crippen LogP contribution is 2.46. The van der Waals surface area contributed by atoms with Crippen LogP contribution in [0.1, 0.15) is 61.6 Å². The van der Waals surface area contributed by atoms with E-state index < -0.39 is 0 Å². The largest absolute Gasteiger partial charge is 0.313 e. The first-order valence-corrected chi connectivity index (χ1v) is 7.16. The number of fused-ring (bicyclic) bond motifs is 1. The summed E-state index contributed by atoms with van der Waals surface area (Å²) in [5, 5.41) is 3.47. The Morgan fingerprint density at radius 2 is 1.65 bits per heavy atom. The normalized spacial score (nSPS) is 29.2. The van der Waals surface area contributed by atoms with Gasteiger partial charge in [0.05, 0.1) is 0 Å². The zero-order valence-corrected chi connectivity index (χ0v) is 10.8. The highest BCUT2D eigenvalue weighted by atomic mass is 14.9. The number of nitrogens with one attached hydrogen (secondary N) is 1. The second-order valence-electron chi connectivity index (χ2n) is 5.70. The summed E-state index contributed by atoms with van der Waals surface area (Å²) in [6.07, 6.45) is 8.53. The van der Waals surface area contributed by atoms with Crippen LogP contribution in [-0.4, -0.2) is 7.05 Å². The monoisotopic (exact) mass is 229 g/mol. The van der Waals surface area contributed by atoms with Crippen LogP contribution in [0.2, 0.25) is 0 Å². The molecule has 2 atom stereocenters. The molecule has 0 heterocycles. The van der Waals surface area contributed by atoms with Crippen LogP contribution in [0.15, 0.2) is 24.3 Å². The molecule has 0 aromatic heterocycles. The van der Waals surface area contributed by atoms with Gasteiger partial charge >= 0.3 is 0 Å². The third-order valence-corrected chi connectivity index (χ3v) is 4.85. The third-order valence-electron chi connectivity index (χ3n) is 4.85. The van der Waals surface area contributed by atoms with Gasteiger partial charge in [0.2, 0.25) is 0 Å². The Bertz CT molecular complexity index is 379. The molecular weight excluding hydrogens is 206 g/mol. The minimum atomic E-state index is 0.587. The highest BCUT2D eigenvalue weighted by molar-refractivity contribution is 5.36. The lowest BCUT2D eigenvalue weighted by atomic mass is 9.73. The van der Waals surface area contributed by atoms with Crippen molar-refractivity contribution in [1.82, 2.24) is 5.32 Å². The van der Waals surface area contributed by atoms with Crippen molar-refractivity contribution in [3.05, 3.63) is 35.4 Å². The Morgan fingerprint density at radius 3 is 2.35 bits per heavy atom. The lowest BCUT2D eigenvalue weighted by molar-refractivity contribution is 0.352. The molecule has 3 rings (SSSR count). The maximum absolute atomic E-state index is 3.47. The fourth-order valence-electron chi connectivity index (χ4n) is 3.97. The van der Waals surface area contributed by atoms with Gasteiger partial charge in [0.1, 0.15) is 0 Å². The first-order chi connectivity index (χ1) is 8.40. The number of hydrogen-bond donors (Lipinski definition) is 1. The highest BCUT2D eigenvalue weighted by Gasteiger charge is 2.32. The summed E-state index contributed by atoms with van der Waals surface area (Å²) in [4.78, 5) is 0. The summed E-state index contributed by atoms with van der Waals surface area (Å²) in [6.45, 7) is 0. The van der Waals surface area contributed by atoms with E-state index in [0.29, 0.717) is 6.04 Å². The molecule has 1 aromatic rings. The molecule has 0 amide bonds. The first-order valence-electron chi connectivity index (χ1n) is 7.16. The van der Waals surface area contributed by atoms with Crippen LogP contribution >= 0.6 is 0 Å². The number of hydrogen-bond acceptors (Lipinski definition) is 1. The minimum Gasteiger partial charge on any atom is -0.313 e. The molecule has 0 unspecified atom stereocenters. The lowest BCUT2D eigenvalue weighted by Crippen LogP contribution is -2.26. The zero-order valence-electron chi connectivity index (χ0n) is 10.8. The summed E-state index contributed by atoms with van der Waals surface area (Å²) in [7, 11) is 2.09. The molecule has 1 nitrogen and oxygen atoms in total. The molecule has 1 aromatic carbocycles. The molecule has 92 valence electrons. The van der Waals surface area contributed by atoms with Gasteiger partial charge in [-0.15, -0.1) is 0 Å². The van der Waals surface area contributed by atoms with Crippen molar-refractivity contribution in [3.8, 4) is 0 Å². The molecule has 0 aliphatic heterocycles. The van der Waals surface area contributed by atoms with Crippen molar-refractivity contribution in [3.63, 3.8) is 0 Å². The maximum atomic E-state index is 3.47. The van der Waals surface area contributed by atoms with E-state index in [2.05, 4.69) is 36.6 Å². The van der Waals surface area contributed by atoms with E-state index >= 15 is 0 Å². The third kappa shape index (κ3) is 2.01. The van der Waals surface area contributed by atoms with E-state index in [-0.39, 0.29) is 0 Å². The van der Waals surface area contributed by atoms with Crippen molar-refractivity contribution in [2.45, 2.75) is 50.5 Å². The maximum Gasteiger partial charge on any atom is 0.0320 e. The quantitative estimate of drug-likeness (QED) is 0.808. The van der Waals surface area contributed by atoms with E-state index in [1.807, 2.05) is 0 Å². The van der Waals surface area contributed by atoms with Crippen molar-refractivity contribution < 1.29 is 0 Å². The average molecular weight is 229 g/mol. The topological polar surface area (TPSA) is 12.0 Å². The Morgan fingerprint density at radius 1 is 0.941 bits per heavy atom. The van der Waals surface area contributed by atoms with Gasteiger partial charge in [0, 0.05) is 6.04 Å². The Balaban J connectivity index is 1.92. The van der Waals surface area contributed by atoms with Gasteiger partial charge in [-0.3, -0.25) is 0 Å². The summed E-state index contributed by atoms with van der Waals surface area (Å²) < 4.78 is 0. The van der Waals surface area contributed by atoms with E-state index in [0.717, 1.165) is 11.8 Å². The SMILES string of the molecule is CN[C@H]1CC[C@@H](C2CCCC2)c2ccccc21. The summed E-state index contributed by atoms with van der Waals surface area (Å²) in [6, 6.07) is 9.71. The average Bonchev–Trinajstić information content (AvgIpc) is 2.91. The number of benzene rings is 1. The smallest absolute Gasteiger partial charge is 0.0320 e. The van der Waals surface area contributed by atoms with E-state index in [9.17, 15) is 0 Å². The molecule has 0 saturated heterocycles. The molecule has 0 spiro atoms. The van der Waals surface area contributed by atoms with E-state index in [4.69, 9.17) is 0 Å². The Kier molecular flexibility index (Phi) is 3.19. The standard InChI is InChI=1S/C16H23N/c1-17-16-11-10-13(12-6-2-3-7-12)14-8-4-5-9-15(14)16/h4-5,8-9,12-13,16-17H,2-3,6-7,10-11H2,1H3/t13-,16-/m0/s1. The van der Waals surface area contributed by atoms with Crippen LogP contribution in [-0.2, 0) is 0 Å². The van der Waals surface area contributed by atoms with Gasteiger partial charge in [-0.1, -0.05) is 37.1 Å². The van der Waals surface area contributed by atoms with Crippen molar-refractivity contribution >= 4 is 0 Å². The molecule has 1 heteroatoms. The van der Waals surface area contributed by atoms with Gasteiger partial charge in [-0.05, 0) is 55.7 Å².